The molecule has 1 saturated carbocycles. The van der Waals surface area contributed by atoms with E-state index in [1.807, 2.05) is 36.6 Å². The Kier molecular flexibility index (Phi) is 4.89. The highest BCUT2D eigenvalue weighted by atomic mass is 32.2. The smallest absolute Gasteiger partial charge is 0.357 e. The Morgan fingerprint density at radius 1 is 1.33 bits per heavy atom. The van der Waals surface area contributed by atoms with Crippen molar-refractivity contribution in [3.8, 4) is 5.69 Å². The number of imidazole rings is 1. The first-order valence-corrected chi connectivity index (χ1v) is 9.01. The molecule has 7 heteroatoms. The Hall–Kier alpha value is -2.28. The Balaban J connectivity index is 1.79. The molecule has 1 aliphatic carbocycles. The molecule has 6 nitrogen and oxygen atoms in total. The number of para-hydroxylation sites is 1. The van der Waals surface area contributed by atoms with Crippen LogP contribution in [0.25, 0.3) is 5.69 Å². The summed E-state index contributed by atoms with van der Waals surface area (Å²) in [5.41, 5.74) is 1.12. The van der Waals surface area contributed by atoms with Crippen molar-refractivity contribution in [2.24, 2.45) is 0 Å². The van der Waals surface area contributed by atoms with Gasteiger partial charge in [0.05, 0.1) is 6.20 Å². The molecule has 24 heavy (non-hydrogen) atoms. The summed E-state index contributed by atoms with van der Waals surface area (Å²) < 4.78 is 7.06. The third kappa shape index (κ3) is 3.62. The van der Waals surface area contributed by atoms with E-state index in [4.69, 9.17) is 4.74 Å². The monoisotopic (exact) mass is 345 g/mol. The normalized spacial score (nSPS) is 14.9. The van der Waals surface area contributed by atoms with Crippen LogP contribution in [0.15, 0.2) is 41.7 Å². The van der Waals surface area contributed by atoms with Crippen LogP contribution >= 0.6 is 11.8 Å². The van der Waals surface area contributed by atoms with Gasteiger partial charge in [0.2, 0.25) is 0 Å². The Bertz CT molecular complexity index is 741. The summed E-state index contributed by atoms with van der Waals surface area (Å²) in [7, 11) is 0. The van der Waals surface area contributed by atoms with E-state index in [9.17, 15) is 9.59 Å². The number of amides is 1. The van der Waals surface area contributed by atoms with Gasteiger partial charge in [-0.1, -0.05) is 30.0 Å². The molecular formula is C17H19N3O3S. The van der Waals surface area contributed by atoms with E-state index in [1.165, 1.54) is 18.0 Å². The van der Waals surface area contributed by atoms with Gasteiger partial charge in [-0.2, -0.15) is 0 Å². The lowest BCUT2D eigenvalue weighted by molar-refractivity contribution is -0.129. The molecule has 1 unspecified atom stereocenters. The molecule has 0 spiro atoms. The first-order chi connectivity index (χ1) is 11.6. The molecule has 1 atom stereocenters. The van der Waals surface area contributed by atoms with Gasteiger partial charge in [0.1, 0.15) is 0 Å². The second-order valence-electron chi connectivity index (χ2n) is 5.63. The fraction of sp³-hybridized carbons (Fsp3) is 0.353. The van der Waals surface area contributed by atoms with Gasteiger partial charge >= 0.3 is 5.97 Å². The van der Waals surface area contributed by atoms with Crippen molar-refractivity contribution in [1.82, 2.24) is 14.9 Å². The van der Waals surface area contributed by atoms with Crippen molar-refractivity contribution < 1.29 is 14.3 Å². The molecule has 0 bridgehead atoms. The fourth-order valence-corrected chi connectivity index (χ4v) is 2.81. The van der Waals surface area contributed by atoms with E-state index < -0.39 is 12.1 Å². The molecule has 1 aliphatic rings. The minimum absolute atomic E-state index is 0.233. The van der Waals surface area contributed by atoms with Gasteiger partial charge < -0.3 is 10.1 Å². The quantitative estimate of drug-likeness (QED) is 0.643. The molecule has 126 valence electrons. The van der Waals surface area contributed by atoms with Crippen LogP contribution < -0.4 is 5.32 Å². The lowest BCUT2D eigenvalue weighted by Gasteiger charge is -2.14. The molecule has 0 aliphatic heterocycles. The number of aromatic nitrogens is 2. The average molecular weight is 345 g/mol. The minimum atomic E-state index is -0.838. The van der Waals surface area contributed by atoms with Gasteiger partial charge in [0.25, 0.3) is 5.91 Å². The first kappa shape index (κ1) is 16.6. The molecule has 1 N–H and O–H groups in total. The minimum Gasteiger partial charge on any atom is -0.448 e. The summed E-state index contributed by atoms with van der Waals surface area (Å²) in [4.78, 5) is 28.7. The molecule has 2 aromatic rings. The molecule has 0 radical (unpaired) electrons. The van der Waals surface area contributed by atoms with Crippen LogP contribution in [0.1, 0.15) is 30.3 Å². The molecule has 1 fully saturated rings. The molecule has 0 saturated heterocycles. The lowest BCUT2D eigenvalue weighted by Crippen LogP contribution is -2.37. The maximum absolute atomic E-state index is 12.5. The van der Waals surface area contributed by atoms with Crippen LogP contribution in [0.2, 0.25) is 0 Å². The topological polar surface area (TPSA) is 73.2 Å². The summed E-state index contributed by atoms with van der Waals surface area (Å²) in [6.07, 6.45) is 4.51. The zero-order valence-electron chi connectivity index (χ0n) is 13.6. The lowest BCUT2D eigenvalue weighted by atomic mass is 10.3. The fourth-order valence-electron chi connectivity index (χ4n) is 2.27. The number of esters is 1. The van der Waals surface area contributed by atoms with Crippen LogP contribution in [0.5, 0.6) is 0 Å². The zero-order chi connectivity index (χ0) is 17.1. The molecule has 3 rings (SSSR count). The largest absolute Gasteiger partial charge is 0.448 e. The van der Waals surface area contributed by atoms with E-state index >= 15 is 0 Å². The van der Waals surface area contributed by atoms with E-state index in [-0.39, 0.29) is 11.9 Å². The maximum atomic E-state index is 12.5. The second-order valence-corrected chi connectivity index (χ2v) is 6.40. The predicted molar refractivity (Wildman–Crippen MR) is 91.4 cm³/mol. The van der Waals surface area contributed by atoms with Crippen LogP contribution in [0, 0.1) is 0 Å². The summed E-state index contributed by atoms with van der Waals surface area (Å²) in [5.74, 6) is -0.827. The van der Waals surface area contributed by atoms with Crippen molar-refractivity contribution in [1.29, 1.82) is 0 Å². The molecule has 1 heterocycles. The van der Waals surface area contributed by atoms with Crippen LogP contribution in [-0.4, -0.2) is 39.8 Å². The van der Waals surface area contributed by atoms with E-state index in [2.05, 4.69) is 10.3 Å². The molecule has 1 aromatic heterocycles. The molecular weight excluding hydrogens is 326 g/mol. The molecule has 1 amide bonds. The van der Waals surface area contributed by atoms with Crippen LogP contribution in [0.4, 0.5) is 0 Å². The summed E-state index contributed by atoms with van der Waals surface area (Å²) in [6, 6.07) is 9.70. The number of hydrogen-bond acceptors (Lipinski definition) is 5. The third-order valence-electron chi connectivity index (χ3n) is 3.71. The number of carbonyl (C=O) groups is 2. The highest BCUT2D eigenvalue weighted by Crippen LogP contribution is 2.23. The van der Waals surface area contributed by atoms with Crippen LogP contribution in [-0.2, 0) is 9.53 Å². The number of carbonyl (C=O) groups excluding carboxylic acids is 2. The van der Waals surface area contributed by atoms with Gasteiger partial charge in [-0.25, -0.2) is 9.78 Å². The van der Waals surface area contributed by atoms with Crippen molar-refractivity contribution in [3.63, 3.8) is 0 Å². The average Bonchev–Trinajstić information content (AvgIpc) is 3.29. The van der Waals surface area contributed by atoms with Gasteiger partial charge in [0.15, 0.2) is 17.0 Å². The summed E-state index contributed by atoms with van der Waals surface area (Å²) in [5, 5.41) is 3.51. The first-order valence-electron chi connectivity index (χ1n) is 7.78. The van der Waals surface area contributed by atoms with E-state index in [0.717, 1.165) is 18.5 Å². The van der Waals surface area contributed by atoms with Crippen molar-refractivity contribution >= 4 is 23.6 Å². The Morgan fingerprint density at radius 3 is 2.67 bits per heavy atom. The van der Waals surface area contributed by atoms with Crippen LogP contribution in [0.3, 0.4) is 0 Å². The highest BCUT2D eigenvalue weighted by Gasteiger charge is 2.28. The SMILES string of the molecule is CSc1ncc(C(=O)OC(C)C(=O)NC2CC2)n1-c1ccccc1. The number of hydrogen-bond donors (Lipinski definition) is 1. The number of benzene rings is 1. The third-order valence-corrected chi connectivity index (χ3v) is 4.37. The maximum Gasteiger partial charge on any atom is 0.357 e. The van der Waals surface area contributed by atoms with Gasteiger partial charge in [-0.15, -0.1) is 0 Å². The number of nitrogens with one attached hydrogen (secondary N) is 1. The number of thioether (sulfide) groups is 1. The number of rotatable bonds is 6. The predicted octanol–water partition coefficient (Wildman–Crippen LogP) is 2.42. The Morgan fingerprint density at radius 2 is 2.04 bits per heavy atom. The highest BCUT2D eigenvalue weighted by molar-refractivity contribution is 7.98. The summed E-state index contributed by atoms with van der Waals surface area (Å²) in [6.45, 7) is 1.58. The van der Waals surface area contributed by atoms with Crippen molar-refractivity contribution in [2.45, 2.75) is 37.1 Å². The van der Waals surface area contributed by atoms with Crippen molar-refractivity contribution in [3.05, 3.63) is 42.2 Å². The molecule has 1 aromatic carbocycles. The summed E-state index contributed by atoms with van der Waals surface area (Å²) >= 11 is 1.44. The van der Waals surface area contributed by atoms with Gasteiger partial charge in [0, 0.05) is 11.7 Å². The Labute approximate surface area is 144 Å². The van der Waals surface area contributed by atoms with E-state index in [0.29, 0.717) is 10.9 Å². The number of nitrogens with zero attached hydrogens (tertiary/aromatic N) is 2. The second kappa shape index (κ2) is 7.09. The number of ether oxygens (including phenoxy) is 1. The standard InChI is InChI=1S/C17H19N3O3S/c1-11(15(21)19-12-8-9-12)23-16(22)14-10-18-17(24-2)20(14)13-6-4-3-5-7-13/h3-7,10-12H,8-9H2,1-2H3,(H,19,21). The van der Waals surface area contributed by atoms with E-state index in [1.54, 1.807) is 11.5 Å². The van der Waals surface area contributed by atoms with Crippen molar-refractivity contribution in [2.75, 3.05) is 6.26 Å². The zero-order valence-corrected chi connectivity index (χ0v) is 14.4. The van der Waals surface area contributed by atoms with Gasteiger partial charge in [-0.05, 0) is 38.2 Å². The van der Waals surface area contributed by atoms with Gasteiger partial charge in [-0.3, -0.25) is 9.36 Å².